The van der Waals surface area contributed by atoms with E-state index in [9.17, 15) is 5.11 Å². The highest BCUT2D eigenvalue weighted by Crippen LogP contribution is 2.21. The number of aliphatic hydroxyl groups is 2. The minimum Gasteiger partial charge on any atom is -0.394 e. The van der Waals surface area contributed by atoms with Crippen LogP contribution in [-0.4, -0.2) is 63.6 Å². The zero-order chi connectivity index (χ0) is 15.4. The van der Waals surface area contributed by atoms with Crippen LogP contribution >= 0.6 is 0 Å². The van der Waals surface area contributed by atoms with E-state index in [1.807, 2.05) is 18.2 Å². The lowest BCUT2D eigenvalue weighted by molar-refractivity contribution is -0.227. The van der Waals surface area contributed by atoms with Crippen LogP contribution in [0.2, 0.25) is 0 Å². The SMILES string of the molecule is COC(O)(COCCOCCOCCO)c1ccccc1. The van der Waals surface area contributed by atoms with Crippen molar-refractivity contribution < 1.29 is 29.2 Å². The van der Waals surface area contributed by atoms with E-state index in [1.165, 1.54) is 7.11 Å². The summed E-state index contributed by atoms with van der Waals surface area (Å²) in [5.41, 5.74) is 0.644. The van der Waals surface area contributed by atoms with E-state index < -0.39 is 5.79 Å². The summed E-state index contributed by atoms with van der Waals surface area (Å²) in [6.07, 6.45) is 0. The molecule has 0 heterocycles. The van der Waals surface area contributed by atoms with E-state index in [4.69, 9.17) is 24.1 Å². The lowest BCUT2D eigenvalue weighted by Gasteiger charge is -2.26. The first-order valence-corrected chi connectivity index (χ1v) is 6.90. The normalized spacial score (nSPS) is 14.0. The third-order valence-electron chi connectivity index (χ3n) is 2.84. The summed E-state index contributed by atoms with van der Waals surface area (Å²) in [6, 6.07) is 9.08. The smallest absolute Gasteiger partial charge is 0.216 e. The van der Waals surface area contributed by atoms with Gasteiger partial charge in [0.1, 0.15) is 6.61 Å². The number of methoxy groups -OCH3 is 1. The standard InChI is InChI=1S/C15H24O6/c1-18-15(17,14-5-3-2-4-6-14)13-21-12-11-20-10-9-19-8-7-16/h2-6,16-17H,7-13H2,1H3. The van der Waals surface area contributed by atoms with Crippen LogP contribution < -0.4 is 0 Å². The second-order valence-electron chi connectivity index (χ2n) is 4.36. The van der Waals surface area contributed by atoms with Crippen molar-refractivity contribution in [2.45, 2.75) is 5.79 Å². The molecule has 0 spiro atoms. The summed E-state index contributed by atoms with van der Waals surface area (Å²) in [5.74, 6) is -1.45. The van der Waals surface area contributed by atoms with Gasteiger partial charge in [-0.1, -0.05) is 30.3 Å². The van der Waals surface area contributed by atoms with Gasteiger partial charge in [-0.25, -0.2) is 0 Å². The van der Waals surface area contributed by atoms with Crippen LogP contribution in [-0.2, 0) is 24.7 Å². The number of ether oxygens (including phenoxy) is 4. The first-order valence-electron chi connectivity index (χ1n) is 6.90. The predicted octanol–water partition coefficient (Wildman–Crippen LogP) is 0.520. The Kier molecular flexibility index (Phi) is 9.16. The van der Waals surface area contributed by atoms with Crippen molar-refractivity contribution in [3.63, 3.8) is 0 Å². The van der Waals surface area contributed by atoms with E-state index in [1.54, 1.807) is 12.1 Å². The summed E-state index contributed by atoms with van der Waals surface area (Å²) in [4.78, 5) is 0. The molecule has 0 amide bonds. The van der Waals surface area contributed by atoms with Gasteiger partial charge >= 0.3 is 0 Å². The fourth-order valence-corrected chi connectivity index (χ4v) is 1.67. The first kappa shape index (κ1) is 18.0. The number of aliphatic hydroxyl groups excluding tert-OH is 1. The fourth-order valence-electron chi connectivity index (χ4n) is 1.67. The zero-order valence-electron chi connectivity index (χ0n) is 12.4. The molecule has 6 heteroatoms. The Balaban J connectivity index is 2.15. The predicted molar refractivity (Wildman–Crippen MR) is 76.9 cm³/mol. The van der Waals surface area contributed by atoms with E-state index in [0.29, 0.717) is 38.6 Å². The monoisotopic (exact) mass is 300 g/mol. The maximum absolute atomic E-state index is 10.4. The van der Waals surface area contributed by atoms with Gasteiger partial charge in [0, 0.05) is 12.7 Å². The summed E-state index contributed by atoms with van der Waals surface area (Å²) in [7, 11) is 1.44. The van der Waals surface area contributed by atoms with Gasteiger partial charge in [-0.05, 0) is 0 Å². The van der Waals surface area contributed by atoms with Crippen LogP contribution in [0.3, 0.4) is 0 Å². The molecule has 0 saturated heterocycles. The van der Waals surface area contributed by atoms with Crippen molar-refractivity contribution in [2.24, 2.45) is 0 Å². The third kappa shape index (κ3) is 6.99. The molecular formula is C15H24O6. The van der Waals surface area contributed by atoms with E-state index in [0.717, 1.165) is 0 Å². The Hall–Kier alpha value is -1.02. The average molecular weight is 300 g/mol. The highest BCUT2D eigenvalue weighted by Gasteiger charge is 2.29. The molecule has 6 nitrogen and oxygen atoms in total. The molecule has 120 valence electrons. The highest BCUT2D eigenvalue weighted by molar-refractivity contribution is 5.19. The minimum atomic E-state index is -1.45. The minimum absolute atomic E-state index is 0.0121. The first-order chi connectivity index (χ1) is 10.2. The molecule has 0 aliphatic rings. The van der Waals surface area contributed by atoms with Crippen molar-refractivity contribution in [1.82, 2.24) is 0 Å². The van der Waals surface area contributed by atoms with E-state index >= 15 is 0 Å². The van der Waals surface area contributed by atoms with Crippen molar-refractivity contribution >= 4 is 0 Å². The summed E-state index contributed by atoms with van der Waals surface area (Å²) in [5, 5.41) is 18.9. The Labute approximate surface area is 125 Å². The average Bonchev–Trinajstić information content (AvgIpc) is 2.54. The fraction of sp³-hybridized carbons (Fsp3) is 0.600. The number of rotatable bonds is 12. The second-order valence-corrected chi connectivity index (χ2v) is 4.36. The number of benzene rings is 1. The molecule has 21 heavy (non-hydrogen) atoms. The van der Waals surface area contributed by atoms with Crippen molar-refractivity contribution in [3.8, 4) is 0 Å². The van der Waals surface area contributed by atoms with Gasteiger partial charge in [0.05, 0.1) is 39.6 Å². The molecule has 0 fully saturated rings. The molecule has 0 bridgehead atoms. The van der Waals surface area contributed by atoms with Crippen LogP contribution in [0, 0.1) is 0 Å². The molecule has 2 N–H and O–H groups in total. The molecule has 1 aromatic rings. The van der Waals surface area contributed by atoms with Gasteiger partial charge in [0.25, 0.3) is 0 Å². The molecule has 1 rings (SSSR count). The highest BCUT2D eigenvalue weighted by atomic mass is 16.6. The molecule has 0 aliphatic heterocycles. The van der Waals surface area contributed by atoms with Crippen molar-refractivity contribution in [3.05, 3.63) is 35.9 Å². The van der Waals surface area contributed by atoms with Crippen molar-refractivity contribution in [1.29, 1.82) is 0 Å². The van der Waals surface area contributed by atoms with Gasteiger partial charge in [-0.3, -0.25) is 0 Å². The van der Waals surface area contributed by atoms with E-state index in [2.05, 4.69) is 0 Å². The van der Waals surface area contributed by atoms with E-state index in [-0.39, 0.29) is 13.2 Å². The molecule has 1 atom stereocenters. The van der Waals surface area contributed by atoms with Gasteiger partial charge < -0.3 is 29.2 Å². The molecule has 0 aromatic heterocycles. The van der Waals surface area contributed by atoms with Crippen LogP contribution in [0.5, 0.6) is 0 Å². The van der Waals surface area contributed by atoms with Gasteiger partial charge in [-0.15, -0.1) is 0 Å². The lowest BCUT2D eigenvalue weighted by atomic mass is 10.1. The Morgan fingerprint density at radius 2 is 1.48 bits per heavy atom. The molecule has 0 aliphatic carbocycles. The Morgan fingerprint density at radius 1 is 0.905 bits per heavy atom. The Morgan fingerprint density at radius 3 is 2.05 bits per heavy atom. The van der Waals surface area contributed by atoms with Crippen LogP contribution in [0.1, 0.15) is 5.56 Å². The van der Waals surface area contributed by atoms with Gasteiger partial charge in [-0.2, -0.15) is 0 Å². The van der Waals surface area contributed by atoms with Gasteiger partial charge in [0.2, 0.25) is 5.79 Å². The summed E-state index contributed by atoms with van der Waals surface area (Å²) in [6.45, 7) is 1.98. The molecule has 1 unspecified atom stereocenters. The van der Waals surface area contributed by atoms with Gasteiger partial charge in [0.15, 0.2) is 0 Å². The molecule has 0 radical (unpaired) electrons. The number of hydrogen-bond acceptors (Lipinski definition) is 6. The molecule has 0 saturated carbocycles. The van der Waals surface area contributed by atoms with Crippen molar-refractivity contribution in [2.75, 3.05) is 53.4 Å². The maximum atomic E-state index is 10.4. The second kappa shape index (κ2) is 10.7. The van der Waals surface area contributed by atoms with Crippen LogP contribution in [0.15, 0.2) is 30.3 Å². The number of hydrogen-bond donors (Lipinski definition) is 2. The lowest BCUT2D eigenvalue weighted by Crippen LogP contribution is -2.34. The van der Waals surface area contributed by atoms with Crippen LogP contribution in [0.25, 0.3) is 0 Å². The molecular weight excluding hydrogens is 276 g/mol. The topological polar surface area (TPSA) is 77.4 Å². The largest absolute Gasteiger partial charge is 0.394 e. The summed E-state index contributed by atoms with van der Waals surface area (Å²) < 4.78 is 20.9. The molecule has 1 aromatic carbocycles. The maximum Gasteiger partial charge on any atom is 0.216 e. The quantitative estimate of drug-likeness (QED) is 0.433. The summed E-state index contributed by atoms with van der Waals surface area (Å²) >= 11 is 0. The zero-order valence-corrected chi connectivity index (χ0v) is 12.4. The third-order valence-corrected chi connectivity index (χ3v) is 2.84. The van der Waals surface area contributed by atoms with Crippen LogP contribution in [0.4, 0.5) is 0 Å². The Bertz CT molecular complexity index is 358.